The number of aliphatic hydroxyl groups is 2. The summed E-state index contributed by atoms with van der Waals surface area (Å²) in [6.07, 6.45) is 10.0. The Hall–Kier alpha value is -0.650. The van der Waals surface area contributed by atoms with Gasteiger partial charge in [0.25, 0.3) is 0 Å². The second kappa shape index (κ2) is 8.04. The summed E-state index contributed by atoms with van der Waals surface area (Å²) < 4.78 is 0. The van der Waals surface area contributed by atoms with Crippen molar-refractivity contribution < 1.29 is 19.8 Å². The lowest BCUT2D eigenvalue weighted by atomic mass is 9.46. The highest BCUT2D eigenvalue weighted by atomic mass is 32.2. The smallest absolute Gasteiger partial charge is 0.188 e. The van der Waals surface area contributed by atoms with E-state index in [1.807, 2.05) is 13.0 Å². The topological polar surface area (TPSA) is 74.6 Å². The molecule has 0 bridgehead atoms. The van der Waals surface area contributed by atoms with Crippen molar-refractivity contribution >= 4 is 22.7 Å². The van der Waals surface area contributed by atoms with Crippen LogP contribution in [0.5, 0.6) is 0 Å². The number of allylic oxidation sites excluding steroid dienone is 1. The molecule has 0 aromatic carbocycles. The van der Waals surface area contributed by atoms with Crippen LogP contribution in [0.3, 0.4) is 0 Å². The lowest BCUT2D eigenvalue weighted by Gasteiger charge is -2.61. The summed E-state index contributed by atoms with van der Waals surface area (Å²) in [7, 11) is 0. The Morgan fingerprint density at radius 2 is 1.93 bits per heavy atom. The first kappa shape index (κ1) is 22.5. The molecule has 5 heteroatoms. The molecule has 3 saturated carbocycles. The maximum Gasteiger partial charge on any atom is 0.188 e. The monoisotopic (exact) mass is 434 g/mol. The molecule has 30 heavy (non-hydrogen) atoms. The van der Waals surface area contributed by atoms with E-state index in [-0.39, 0.29) is 33.6 Å². The molecule has 2 unspecified atom stereocenters. The normalized spacial score (nSPS) is 45.4. The van der Waals surface area contributed by atoms with Crippen LogP contribution in [0.25, 0.3) is 0 Å². The molecular formula is C25H38O4S. The average Bonchev–Trinajstić information content (AvgIpc) is 2.98. The van der Waals surface area contributed by atoms with Gasteiger partial charge in [-0.3, -0.25) is 9.59 Å². The molecule has 4 aliphatic rings. The van der Waals surface area contributed by atoms with E-state index >= 15 is 0 Å². The van der Waals surface area contributed by atoms with Gasteiger partial charge in [-0.05, 0) is 86.0 Å². The molecule has 0 aromatic rings. The Morgan fingerprint density at radius 1 is 1.20 bits per heavy atom. The zero-order chi connectivity index (χ0) is 21.7. The maximum atomic E-state index is 12.5. The van der Waals surface area contributed by atoms with Crippen molar-refractivity contribution in [2.45, 2.75) is 95.8 Å². The molecule has 0 aliphatic heterocycles. The molecule has 2 N–H and O–H groups in total. The van der Waals surface area contributed by atoms with Crippen LogP contribution in [-0.4, -0.2) is 38.6 Å². The third-order valence-corrected chi connectivity index (χ3v) is 10.9. The quantitative estimate of drug-likeness (QED) is 0.658. The van der Waals surface area contributed by atoms with E-state index in [1.54, 1.807) is 0 Å². The Kier molecular flexibility index (Phi) is 6.04. The minimum absolute atomic E-state index is 0.0536. The van der Waals surface area contributed by atoms with E-state index in [1.165, 1.54) is 17.3 Å². The number of ketones is 1. The van der Waals surface area contributed by atoms with Crippen molar-refractivity contribution in [2.24, 2.45) is 28.6 Å². The third kappa shape index (κ3) is 3.34. The standard InChI is InChI=1S/C25H38O4S/c1-4-21(28)30-20-15-16-14-17(27)6-10-23(16,2)18-7-11-24(3)19(22(18)20)8-12-25(24,29)9-5-13-26/h14,18-20,22,26,29H,4-13,15H2,1-3H3/t18-,19+,20?,22-,23+,24+,25?/m1/s1. The Morgan fingerprint density at radius 3 is 2.63 bits per heavy atom. The molecule has 0 aromatic heterocycles. The zero-order valence-electron chi connectivity index (χ0n) is 18.8. The molecule has 3 fully saturated rings. The van der Waals surface area contributed by atoms with Gasteiger partial charge in [-0.2, -0.15) is 0 Å². The number of aliphatic hydroxyl groups excluding tert-OH is 1. The molecule has 7 atom stereocenters. The predicted octanol–water partition coefficient (Wildman–Crippen LogP) is 4.67. The van der Waals surface area contributed by atoms with Gasteiger partial charge in [-0.1, -0.05) is 38.1 Å². The highest BCUT2D eigenvalue weighted by molar-refractivity contribution is 8.14. The molecule has 0 spiro atoms. The van der Waals surface area contributed by atoms with Gasteiger partial charge < -0.3 is 10.2 Å². The van der Waals surface area contributed by atoms with Crippen LogP contribution in [-0.2, 0) is 9.59 Å². The third-order valence-electron chi connectivity index (χ3n) is 9.60. The van der Waals surface area contributed by atoms with Gasteiger partial charge in [-0.15, -0.1) is 0 Å². The van der Waals surface area contributed by atoms with Gasteiger partial charge in [0.15, 0.2) is 10.9 Å². The van der Waals surface area contributed by atoms with E-state index < -0.39 is 5.60 Å². The van der Waals surface area contributed by atoms with Crippen molar-refractivity contribution in [1.82, 2.24) is 0 Å². The van der Waals surface area contributed by atoms with E-state index in [0.717, 1.165) is 38.5 Å². The zero-order valence-corrected chi connectivity index (χ0v) is 19.6. The van der Waals surface area contributed by atoms with E-state index in [9.17, 15) is 19.8 Å². The molecule has 168 valence electrons. The van der Waals surface area contributed by atoms with E-state index in [0.29, 0.717) is 43.4 Å². The lowest BCUT2D eigenvalue weighted by Crippen LogP contribution is -2.57. The van der Waals surface area contributed by atoms with Crippen LogP contribution >= 0.6 is 11.8 Å². The molecular weight excluding hydrogens is 396 g/mol. The Labute approximate surface area is 185 Å². The number of rotatable bonds is 5. The largest absolute Gasteiger partial charge is 0.396 e. The summed E-state index contributed by atoms with van der Waals surface area (Å²) in [5.74, 6) is 1.53. The number of carbonyl (C=O) groups is 2. The predicted molar refractivity (Wildman–Crippen MR) is 120 cm³/mol. The van der Waals surface area contributed by atoms with Gasteiger partial charge in [0, 0.05) is 24.7 Å². The van der Waals surface area contributed by atoms with Crippen LogP contribution in [0.15, 0.2) is 11.6 Å². The van der Waals surface area contributed by atoms with Crippen molar-refractivity contribution in [3.63, 3.8) is 0 Å². The molecule has 0 amide bonds. The summed E-state index contributed by atoms with van der Waals surface area (Å²) in [5.41, 5.74) is 0.463. The second-order valence-corrected chi connectivity index (χ2v) is 12.1. The van der Waals surface area contributed by atoms with E-state index in [4.69, 9.17) is 0 Å². The van der Waals surface area contributed by atoms with Gasteiger partial charge >= 0.3 is 0 Å². The summed E-state index contributed by atoms with van der Waals surface area (Å²) in [4.78, 5) is 24.7. The Bertz CT molecular complexity index is 747. The summed E-state index contributed by atoms with van der Waals surface area (Å²) >= 11 is 1.51. The number of hydrogen-bond donors (Lipinski definition) is 2. The number of hydrogen-bond acceptors (Lipinski definition) is 5. The minimum atomic E-state index is -0.713. The first-order valence-corrected chi connectivity index (χ1v) is 12.8. The molecule has 0 radical (unpaired) electrons. The average molecular weight is 435 g/mol. The van der Waals surface area contributed by atoms with Gasteiger partial charge in [0.1, 0.15) is 0 Å². The highest BCUT2D eigenvalue weighted by Gasteiger charge is 2.65. The lowest BCUT2D eigenvalue weighted by molar-refractivity contribution is -0.132. The van der Waals surface area contributed by atoms with Crippen LogP contribution in [0.4, 0.5) is 0 Å². The number of carbonyl (C=O) groups excluding carboxylic acids is 2. The first-order valence-electron chi connectivity index (χ1n) is 11.9. The maximum absolute atomic E-state index is 12.5. The highest BCUT2D eigenvalue weighted by Crippen LogP contribution is 2.69. The van der Waals surface area contributed by atoms with Gasteiger partial charge in [0.05, 0.1) is 5.60 Å². The summed E-state index contributed by atoms with van der Waals surface area (Å²) in [6.45, 7) is 6.69. The Balaban J connectivity index is 1.72. The molecule has 0 heterocycles. The summed E-state index contributed by atoms with van der Waals surface area (Å²) in [5, 5.41) is 21.5. The minimum Gasteiger partial charge on any atom is -0.396 e. The summed E-state index contributed by atoms with van der Waals surface area (Å²) in [6, 6.07) is 0. The van der Waals surface area contributed by atoms with Crippen LogP contribution in [0.2, 0.25) is 0 Å². The fraction of sp³-hybridized carbons (Fsp3) is 0.840. The second-order valence-electron chi connectivity index (χ2n) is 10.8. The van der Waals surface area contributed by atoms with Crippen LogP contribution < -0.4 is 0 Å². The van der Waals surface area contributed by atoms with Crippen LogP contribution in [0.1, 0.15) is 85.0 Å². The molecule has 4 rings (SSSR count). The van der Waals surface area contributed by atoms with Crippen LogP contribution in [0, 0.1) is 28.6 Å². The van der Waals surface area contributed by atoms with Crippen molar-refractivity contribution in [2.75, 3.05) is 6.61 Å². The first-order chi connectivity index (χ1) is 14.2. The number of thioether (sulfide) groups is 1. The molecule has 4 aliphatic carbocycles. The van der Waals surface area contributed by atoms with E-state index in [2.05, 4.69) is 13.8 Å². The fourth-order valence-electron chi connectivity index (χ4n) is 7.77. The van der Waals surface area contributed by atoms with Crippen molar-refractivity contribution in [1.29, 1.82) is 0 Å². The van der Waals surface area contributed by atoms with Crippen molar-refractivity contribution in [3.8, 4) is 0 Å². The number of fused-ring (bicyclic) bond motifs is 5. The fourth-order valence-corrected chi connectivity index (χ4v) is 9.07. The SMILES string of the molecule is CCC(=O)SC1CC2=CC(=O)CC[C@]2(C)[C@@H]2CC[C@@]3(C)[C@@H](CCC3(O)CCCO)[C@H]12. The molecule has 0 saturated heterocycles. The molecule has 4 nitrogen and oxygen atoms in total. The van der Waals surface area contributed by atoms with Gasteiger partial charge in [0.2, 0.25) is 0 Å². The van der Waals surface area contributed by atoms with Crippen molar-refractivity contribution in [3.05, 3.63) is 11.6 Å². The van der Waals surface area contributed by atoms with Gasteiger partial charge in [-0.25, -0.2) is 0 Å².